The molecule has 1 heterocycles. The zero-order valence-electron chi connectivity index (χ0n) is 15.9. The van der Waals surface area contributed by atoms with Crippen molar-refractivity contribution >= 4 is 27.3 Å². The smallest absolute Gasteiger partial charge is 0.262 e. The summed E-state index contributed by atoms with van der Waals surface area (Å²) in [5.41, 5.74) is 1.78. The maximum Gasteiger partial charge on any atom is 0.262 e. The normalized spacial score (nSPS) is 13.9. The van der Waals surface area contributed by atoms with E-state index in [1.165, 1.54) is 6.07 Å². The van der Waals surface area contributed by atoms with Crippen molar-refractivity contribution in [2.45, 2.75) is 38.0 Å². The van der Waals surface area contributed by atoms with Crippen LogP contribution in [0.1, 0.15) is 32.3 Å². The number of hydrogen-bond acceptors (Lipinski definition) is 5. The van der Waals surface area contributed by atoms with Crippen LogP contribution < -0.4 is 19.5 Å². The number of anilines is 2. The molecule has 7 nitrogen and oxygen atoms in total. The van der Waals surface area contributed by atoms with Gasteiger partial charge < -0.3 is 14.8 Å². The lowest BCUT2D eigenvalue weighted by atomic mass is 10.1. The van der Waals surface area contributed by atoms with Gasteiger partial charge in [-0.3, -0.25) is 9.52 Å². The van der Waals surface area contributed by atoms with Gasteiger partial charge in [0, 0.05) is 18.2 Å². The zero-order valence-corrected chi connectivity index (χ0v) is 16.8. The summed E-state index contributed by atoms with van der Waals surface area (Å²) in [6, 6.07) is 9.74. The molecule has 1 aliphatic rings. The lowest BCUT2D eigenvalue weighted by molar-refractivity contribution is -0.116. The second kappa shape index (κ2) is 8.52. The Morgan fingerprint density at radius 1 is 1.04 bits per heavy atom. The van der Waals surface area contributed by atoms with Crippen LogP contribution in [-0.2, 0) is 21.2 Å². The first kappa shape index (κ1) is 20.0. The van der Waals surface area contributed by atoms with Crippen LogP contribution in [0.3, 0.4) is 0 Å². The van der Waals surface area contributed by atoms with Gasteiger partial charge in [0.25, 0.3) is 10.0 Å². The number of benzene rings is 2. The summed E-state index contributed by atoms with van der Waals surface area (Å²) in [6.45, 7) is 4.56. The second-order valence-electron chi connectivity index (χ2n) is 6.35. The number of sulfonamides is 1. The Bertz CT molecular complexity index is 973. The summed E-state index contributed by atoms with van der Waals surface area (Å²) in [5, 5.41) is 2.81. The zero-order chi connectivity index (χ0) is 20.1. The van der Waals surface area contributed by atoms with Crippen molar-refractivity contribution in [1.82, 2.24) is 0 Å². The van der Waals surface area contributed by atoms with E-state index < -0.39 is 10.0 Å². The Morgan fingerprint density at radius 2 is 1.82 bits per heavy atom. The predicted molar refractivity (Wildman–Crippen MR) is 108 cm³/mol. The number of fused-ring (bicyclic) bond motifs is 1. The first-order valence-corrected chi connectivity index (χ1v) is 10.8. The molecule has 1 amide bonds. The molecule has 0 aromatic heterocycles. The fourth-order valence-electron chi connectivity index (χ4n) is 3.05. The molecule has 0 saturated carbocycles. The quantitative estimate of drug-likeness (QED) is 0.736. The number of rotatable bonds is 7. The topological polar surface area (TPSA) is 93.7 Å². The van der Waals surface area contributed by atoms with E-state index in [9.17, 15) is 13.2 Å². The summed E-state index contributed by atoms with van der Waals surface area (Å²) in [7, 11) is -3.84. The molecule has 0 bridgehead atoms. The minimum Gasteiger partial charge on any atom is -0.494 e. The molecule has 28 heavy (non-hydrogen) atoms. The highest BCUT2D eigenvalue weighted by atomic mass is 32.2. The first-order valence-electron chi connectivity index (χ1n) is 9.28. The van der Waals surface area contributed by atoms with E-state index in [4.69, 9.17) is 9.47 Å². The highest BCUT2D eigenvalue weighted by Crippen LogP contribution is 2.32. The van der Waals surface area contributed by atoms with Gasteiger partial charge >= 0.3 is 0 Å². The van der Waals surface area contributed by atoms with Crippen LogP contribution in [0, 0.1) is 0 Å². The summed E-state index contributed by atoms with van der Waals surface area (Å²) in [5.74, 6) is 0.923. The van der Waals surface area contributed by atoms with Crippen molar-refractivity contribution in [3.8, 4) is 11.5 Å². The van der Waals surface area contributed by atoms with Crippen molar-refractivity contribution in [2.24, 2.45) is 0 Å². The highest BCUT2D eigenvalue weighted by molar-refractivity contribution is 7.92. The molecule has 0 unspecified atom stereocenters. The minimum absolute atomic E-state index is 0.0541. The van der Waals surface area contributed by atoms with E-state index in [-0.39, 0.29) is 10.8 Å². The molecule has 2 aromatic carbocycles. The Morgan fingerprint density at radius 3 is 2.57 bits per heavy atom. The maximum absolute atomic E-state index is 13.0. The van der Waals surface area contributed by atoms with Gasteiger partial charge in [0.15, 0.2) is 0 Å². The number of carbonyl (C=O) groups is 1. The molecule has 8 heteroatoms. The van der Waals surface area contributed by atoms with Crippen LogP contribution in [0.15, 0.2) is 41.3 Å². The van der Waals surface area contributed by atoms with Crippen LogP contribution in [-0.4, -0.2) is 27.5 Å². The van der Waals surface area contributed by atoms with Crippen LogP contribution in [0.4, 0.5) is 11.4 Å². The number of amides is 1. The fraction of sp³-hybridized carbons (Fsp3) is 0.350. The van der Waals surface area contributed by atoms with E-state index in [1.807, 2.05) is 13.8 Å². The molecule has 0 spiro atoms. The number of hydrogen-bond donors (Lipinski definition) is 2. The van der Waals surface area contributed by atoms with Crippen molar-refractivity contribution in [3.63, 3.8) is 0 Å². The molecule has 3 rings (SSSR count). The van der Waals surface area contributed by atoms with Gasteiger partial charge in [0.2, 0.25) is 5.91 Å². The molecule has 0 aliphatic carbocycles. The second-order valence-corrected chi connectivity index (χ2v) is 8.03. The number of nitrogens with one attached hydrogen (secondary N) is 2. The van der Waals surface area contributed by atoms with Gasteiger partial charge in [0.1, 0.15) is 11.5 Å². The largest absolute Gasteiger partial charge is 0.494 e. The number of carbonyl (C=O) groups excluding carboxylic acids is 1. The van der Waals surface area contributed by atoms with Crippen LogP contribution in [0.25, 0.3) is 0 Å². The Hall–Kier alpha value is -2.74. The summed E-state index contributed by atoms with van der Waals surface area (Å²) >= 11 is 0. The molecule has 0 fully saturated rings. The van der Waals surface area contributed by atoms with Crippen molar-refractivity contribution in [2.75, 3.05) is 23.3 Å². The Kier molecular flexibility index (Phi) is 6.08. The molecule has 2 aromatic rings. The summed E-state index contributed by atoms with van der Waals surface area (Å²) < 4.78 is 39.5. The molecule has 2 N–H and O–H groups in total. The van der Waals surface area contributed by atoms with Gasteiger partial charge in [-0.05, 0) is 62.6 Å². The van der Waals surface area contributed by atoms with E-state index in [0.717, 1.165) is 5.56 Å². The lowest BCUT2D eigenvalue weighted by Gasteiger charge is -2.15. The molecular weight excluding hydrogens is 380 g/mol. The fourth-order valence-corrected chi connectivity index (χ4v) is 4.16. The average Bonchev–Trinajstić information content (AvgIpc) is 2.84. The molecule has 0 atom stereocenters. The highest BCUT2D eigenvalue weighted by Gasteiger charge is 2.21. The predicted octanol–water partition coefficient (Wildman–Crippen LogP) is 3.56. The third-order valence-electron chi connectivity index (χ3n) is 4.32. The van der Waals surface area contributed by atoms with E-state index in [2.05, 4.69) is 10.0 Å². The van der Waals surface area contributed by atoms with Gasteiger partial charge in [-0.1, -0.05) is 0 Å². The number of aryl methyl sites for hydroxylation is 1. The molecular formula is C20H24N2O5S. The minimum atomic E-state index is -3.84. The standard InChI is InChI=1S/C20H24N2O5S/c1-3-26-15-8-11-19(27-4-2)18(13-15)22-28(24,25)16-9-10-17-14(12-16)6-5-7-20(23)21-17/h8-13,22H,3-7H2,1-2H3,(H,21,23). The van der Waals surface area contributed by atoms with E-state index >= 15 is 0 Å². The molecule has 0 radical (unpaired) electrons. The third kappa shape index (κ3) is 4.56. The molecule has 1 aliphatic heterocycles. The molecule has 150 valence electrons. The van der Waals surface area contributed by atoms with Crippen molar-refractivity contribution < 1.29 is 22.7 Å². The number of ether oxygens (including phenoxy) is 2. The van der Waals surface area contributed by atoms with E-state index in [1.54, 1.807) is 30.3 Å². The average molecular weight is 404 g/mol. The summed E-state index contributed by atoms with van der Waals surface area (Å²) in [4.78, 5) is 11.8. The van der Waals surface area contributed by atoms with Gasteiger partial charge in [-0.2, -0.15) is 0 Å². The van der Waals surface area contributed by atoms with Crippen molar-refractivity contribution in [1.29, 1.82) is 0 Å². The Balaban J connectivity index is 1.92. The third-order valence-corrected chi connectivity index (χ3v) is 5.68. The van der Waals surface area contributed by atoms with Crippen LogP contribution in [0.5, 0.6) is 11.5 Å². The van der Waals surface area contributed by atoms with Gasteiger partial charge in [0.05, 0.1) is 23.8 Å². The maximum atomic E-state index is 13.0. The van der Waals surface area contributed by atoms with Gasteiger partial charge in [-0.25, -0.2) is 8.42 Å². The molecule has 0 saturated heterocycles. The lowest BCUT2D eigenvalue weighted by Crippen LogP contribution is -2.15. The van der Waals surface area contributed by atoms with Crippen molar-refractivity contribution in [3.05, 3.63) is 42.0 Å². The monoisotopic (exact) mass is 404 g/mol. The SMILES string of the molecule is CCOc1ccc(OCC)c(NS(=O)(=O)c2ccc3c(c2)CCCC(=O)N3)c1. The van der Waals surface area contributed by atoms with Crippen LogP contribution in [0.2, 0.25) is 0 Å². The van der Waals surface area contributed by atoms with Gasteiger partial charge in [-0.15, -0.1) is 0 Å². The first-order chi connectivity index (χ1) is 13.4. The Labute approximate surface area is 165 Å². The summed E-state index contributed by atoms with van der Waals surface area (Å²) in [6.07, 6.45) is 1.75. The van der Waals surface area contributed by atoms with Crippen LogP contribution >= 0.6 is 0 Å². The van der Waals surface area contributed by atoms with E-state index in [0.29, 0.717) is 55.4 Å².